The van der Waals surface area contributed by atoms with Gasteiger partial charge in [0.2, 0.25) is 0 Å². The molecule has 96 valence electrons. The number of benzene rings is 1. The van der Waals surface area contributed by atoms with Crippen LogP contribution in [-0.2, 0) is 0 Å². The molecule has 0 aromatic heterocycles. The molecular weight excluding hydrogens is 234 g/mol. The third-order valence-electron chi connectivity index (χ3n) is 2.54. The summed E-state index contributed by atoms with van der Waals surface area (Å²) in [5.74, 6) is 1.57. The van der Waals surface area contributed by atoms with E-state index in [4.69, 9.17) is 9.47 Å². The van der Waals surface area contributed by atoms with Crippen LogP contribution in [0.15, 0.2) is 23.1 Å². The second kappa shape index (κ2) is 7.45. The minimum atomic E-state index is 0.582. The normalized spacial score (nSPS) is 12.2. The molecule has 1 rings (SSSR count). The van der Waals surface area contributed by atoms with E-state index >= 15 is 0 Å². The highest BCUT2D eigenvalue weighted by molar-refractivity contribution is 8.00. The zero-order valence-electron chi connectivity index (χ0n) is 10.9. The van der Waals surface area contributed by atoms with E-state index in [1.807, 2.05) is 30.9 Å². The molecule has 1 atom stereocenters. The lowest BCUT2D eigenvalue weighted by Gasteiger charge is -2.15. The molecular formula is C13H21NO2S. The Morgan fingerprint density at radius 3 is 2.47 bits per heavy atom. The van der Waals surface area contributed by atoms with Gasteiger partial charge in [-0.2, -0.15) is 0 Å². The molecule has 0 radical (unpaired) electrons. The predicted octanol–water partition coefficient (Wildman–Crippen LogP) is 2.79. The van der Waals surface area contributed by atoms with Crippen LogP contribution in [0, 0.1) is 0 Å². The predicted molar refractivity (Wildman–Crippen MR) is 73.4 cm³/mol. The maximum Gasteiger partial charge on any atom is 0.161 e. The van der Waals surface area contributed by atoms with Gasteiger partial charge in [0.25, 0.3) is 0 Å². The summed E-state index contributed by atoms with van der Waals surface area (Å²) in [6.07, 6.45) is 1.14. The highest BCUT2D eigenvalue weighted by Crippen LogP contribution is 2.33. The lowest BCUT2D eigenvalue weighted by Crippen LogP contribution is -2.20. The molecule has 0 aliphatic heterocycles. The standard InChI is InChI=1S/C13H21NO2S/c1-5-10(9-14-2)17-11-6-7-12(15-3)13(8-11)16-4/h6-8,10,14H,5,9H2,1-4H3. The molecule has 0 aliphatic carbocycles. The van der Waals surface area contributed by atoms with Crippen LogP contribution in [-0.4, -0.2) is 33.1 Å². The summed E-state index contributed by atoms with van der Waals surface area (Å²) >= 11 is 1.86. The summed E-state index contributed by atoms with van der Waals surface area (Å²) in [4.78, 5) is 1.21. The van der Waals surface area contributed by atoms with Gasteiger partial charge < -0.3 is 14.8 Å². The van der Waals surface area contributed by atoms with Crippen molar-refractivity contribution < 1.29 is 9.47 Å². The monoisotopic (exact) mass is 255 g/mol. The highest BCUT2D eigenvalue weighted by atomic mass is 32.2. The smallest absolute Gasteiger partial charge is 0.161 e. The van der Waals surface area contributed by atoms with Gasteiger partial charge in [-0.3, -0.25) is 0 Å². The Labute approximate surface area is 108 Å². The van der Waals surface area contributed by atoms with Crippen molar-refractivity contribution in [1.82, 2.24) is 5.32 Å². The zero-order valence-corrected chi connectivity index (χ0v) is 11.8. The van der Waals surface area contributed by atoms with Gasteiger partial charge >= 0.3 is 0 Å². The Morgan fingerprint density at radius 2 is 1.94 bits per heavy atom. The van der Waals surface area contributed by atoms with Gasteiger partial charge in [0, 0.05) is 16.7 Å². The van der Waals surface area contributed by atoms with E-state index in [1.165, 1.54) is 4.90 Å². The van der Waals surface area contributed by atoms with Crippen LogP contribution in [0.1, 0.15) is 13.3 Å². The molecule has 0 aliphatic rings. The number of nitrogens with one attached hydrogen (secondary N) is 1. The molecule has 0 amide bonds. The molecule has 4 heteroatoms. The fourth-order valence-electron chi connectivity index (χ4n) is 1.58. The summed E-state index contributed by atoms with van der Waals surface area (Å²) in [6, 6.07) is 6.05. The zero-order chi connectivity index (χ0) is 12.7. The van der Waals surface area contributed by atoms with Crippen molar-refractivity contribution in [3.8, 4) is 11.5 Å². The fourth-order valence-corrected chi connectivity index (χ4v) is 2.70. The summed E-state index contributed by atoms with van der Waals surface area (Å²) in [5.41, 5.74) is 0. The van der Waals surface area contributed by atoms with Gasteiger partial charge in [0.15, 0.2) is 11.5 Å². The first-order chi connectivity index (χ1) is 8.24. The van der Waals surface area contributed by atoms with Crippen LogP contribution in [0.2, 0.25) is 0 Å². The number of ether oxygens (including phenoxy) is 2. The van der Waals surface area contributed by atoms with E-state index in [9.17, 15) is 0 Å². The Hall–Kier alpha value is -0.870. The van der Waals surface area contributed by atoms with Crippen LogP contribution in [0.25, 0.3) is 0 Å². The first kappa shape index (κ1) is 14.2. The molecule has 1 N–H and O–H groups in total. The topological polar surface area (TPSA) is 30.5 Å². The summed E-state index contributed by atoms with van der Waals surface area (Å²) in [6.45, 7) is 3.21. The van der Waals surface area contributed by atoms with Crippen molar-refractivity contribution in [3.63, 3.8) is 0 Å². The van der Waals surface area contributed by atoms with E-state index in [-0.39, 0.29) is 0 Å². The number of hydrogen-bond donors (Lipinski definition) is 1. The van der Waals surface area contributed by atoms with Crippen LogP contribution in [0.5, 0.6) is 11.5 Å². The van der Waals surface area contributed by atoms with Gasteiger partial charge in [0.05, 0.1) is 14.2 Å². The molecule has 1 unspecified atom stereocenters. The van der Waals surface area contributed by atoms with Gasteiger partial charge in [0.1, 0.15) is 0 Å². The quantitative estimate of drug-likeness (QED) is 0.759. The fraction of sp³-hybridized carbons (Fsp3) is 0.538. The first-order valence-corrected chi connectivity index (χ1v) is 6.66. The minimum absolute atomic E-state index is 0.582. The van der Waals surface area contributed by atoms with Crippen molar-refractivity contribution in [2.45, 2.75) is 23.5 Å². The molecule has 0 bridgehead atoms. The Balaban J connectivity index is 2.77. The van der Waals surface area contributed by atoms with E-state index in [1.54, 1.807) is 14.2 Å². The van der Waals surface area contributed by atoms with Crippen LogP contribution >= 0.6 is 11.8 Å². The average Bonchev–Trinajstić information content (AvgIpc) is 2.38. The summed E-state index contributed by atoms with van der Waals surface area (Å²) < 4.78 is 10.5. The third kappa shape index (κ3) is 4.13. The van der Waals surface area contributed by atoms with Crippen molar-refractivity contribution in [2.75, 3.05) is 27.8 Å². The summed E-state index contributed by atoms with van der Waals surface area (Å²) in [5, 5.41) is 3.79. The van der Waals surface area contributed by atoms with Gasteiger partial charge in [-0.05, 0) is 31.7 Å². The Kier molecular flexibility index (Phi) is 6.22. The van der Waals surface area contributed by atoms with Crippen LogP contribution in [0.3, 0.4) is 0 Å². The lowest BCUT2D eigenvalue weighted by atomic mass is 10.3. The van der Waals surface area contributed by atoms with Gasteiger partial charge in [-0.15, -0.1) is 11.8 Å². The molecule has 0 saturated heterocycles. The lowest BCUT2D eigenvalue weighted by molar-refractivity contribution is 0.354. The van der Waals surface area contributed by atoms with E-state index in [0.29, 0.717) is 5.25 Å². The minimum Gasteiger partial charge on any atom is -0.493 e. The maximum absolute atomic E-state index is 5.30. The average molecular weight is 255 g/mol. The second-order valence-corrected chi connectivity index (χ2v) is 5.10. The van der Waals surface area contributed by atoms with Crippen molar-refractivity contribution in [1.29, 1.82) is 0 Å². The molecule has 17 heavy (non-hydrogen) atoms. The SMILES string of the molecule is CCC(CNC)Sc1ccc(OC)c(OC)c1. The molecule has 0 saturated carbocycles. The summed E-state index contributed by atoms with van der Waals surface area (Å²) in [7, 11) is 5.30. The number of hydrogen-bond acceptors (Lipinski definition) is 4. The number of methoxy groups -OCH3 is 2. The van der Waals surface area contributed by atoms with Crippen molar-refractivity contribution in [3.05, 3.63) is 18.2 Å². The van der Waals surface area contributed by atoms with E-state index < -0.39 is 0 Å². The van der Waals surface area contributed by atoms with Gasteiger partial charge in [-0.25, -0.2) is 0 Å². The Bertz CT molecular complexity index is 344. The van der Waals surface area contributed by atoms with E-state index in [2.05, 4.69) is 18.3 Å². The number of thioether (sulfide) groups is 1. The van der Waals surface area contributed by atoms with Gasteiger partial charge in [-0.1, -0.05) is 6.92 Å². The molecule has 0 fully saturated rings. The molecule has 1 aromatic rings. The van der Waals surface area contributed by atoms with Crippen LogP contribution in [0.4, 0.5) is 0 Å². The highest BCUT2D eigenvalue weighted by Gasteiger charge is 2.10. The second-order valence-electron chi connectivity index (χ2n) is 3.72. The first-order valence-electron chi connectivity index (χ1n) is 5.78. The molecule has 1 aromatic carbocycles. The molecule has 0 heterocycles. The van der Waals surface area contributed by atoms with E-state index in [0.717, 1.165) is 24.5 Å². The van der Waals surface area contributed by atoms with Crippen molar-refractivity contribution >= 4 is 11.8 Å². The third-order valence-corrected chi connectivity index (χ3v) is 3.90. The largest absolute Gasteiger partial charge is 0.493 e. The molecule has 0 spiro atoms. The number of rotatable bonds is 7. The Morgan fingerprint density at radius 1 is 1.24 bits per heavy atom. The molecule has 3 nitrogen and oxygen atoms in total. The van der Waals surface area contributed by atoms with Crippen LogP contribution < -0.4 is 14.8 Å². The van der Waals surface area contributed by atoms with Crippen molar-refractivity contribution in [2.24, 2.45) is 0 Å². The maximum atomic E-state index is 5.30.